The first kappa shape index (κ1) is 18.5. The van der Waals surface area contributed by atoms with Gasteiger partial charge in [-0.2, -0.15) is 0 Å². The molecule has 150 valence electrons. The minimum atomic E-state index is -0.145. The fourth-order valence-electron chi connectivity index (χ4n) is 7.60. The number of ether oxygens (including phenoxy) is 1. The summed E-state index contributed by atoms with van der Waals surface area (Å²) in [4.78, 5) is 12.5. The molecule has 0 radical (unpaired) electrons. The highest BCUT2D eigenvalue weighted by atomic mass is 16.5. The van der Waals surface area contributed by atoms with Crippen LogP contribution in [0.4, 0.5) is 0 Å². The third kappa shape index (κ3) is 2.86. The van der Waals surface area contributed by atoms with Gasteiger partial charge in [-0.15, -0.1) is 0 Å². The second-order valence-corrected chi connectivity index (χ2v) is 10.5. The van der Waals surface area contributed by atoms with Gasteiger partial charge in [-0.1, -0.05) is 44.2 Å². The molecule has 0 amide bonds. The number of allylic oxidation sites excluding steroid dienone is 2. The zero-order valence-corrected chi connectivity index (χ0v) is 17.4. The highest BCUT2D eigenvalue weighted by molar-refractivity contribution is 5.89. The Kier molecular flexibility index (Phi) is 4.45. The second kappa shape index (κ2) is 6.75. The summed E-state index contributed by atoms with van der Waals surface area (Å²) in [5.41, 5.74) is 1.59. The summed E-state index contributed by atoms with van der Waals surface area (Å²) in [6.45, 7) is 5.08. The molecular formula is C26H34O2. The Hall–Kier alpha value is -1.57. The molecule has 0 unspecified atom stereocenters. The van der Waals surface area contributed by atoms with Gasteiger partial charge in [-0.05, 0) is 98.0 Å². The van der Waals surface area contributed by atoms with Gasteiger partial charge in [0.05, 0.1) is 5.56 Å². The molecule has 0 saturated heterocycles. The van der Waals surface area contributed by atoms with Gasteiger partial charge < -0.3 is 4.74 Å². The van der Waals surface area contributed by atoms with E-state index >= 15 is 0 Å². The quantitative estimate of drug-likeness (QED) is 0.438. The van der Waals surface area contributed by atoms with Crippen molar-refractivity contribution in [2.24, 2.45) is 34.5 Å². The van der Waals surface area contributed by atoms with Crippen molar-refractivity contribution in [3.8, 4) is 0 Å². The van der Waals surface area contributed by atoms with E-state index in [0.29, 0.717) is 16.4 Å². The van der Waals surface area contributed by atoms with E-state index in [-0.39, 0.29) is 12.1 Å². The average Bonchev–Trinajstić information content (AvgIpc) is 3.11. The van der Waals surface area contributed by atoms with Gasteiger partial charge in [0.1, 0.15) is 6.10 Å². The van der Waals surface area contributed by atoms with Crippen LogP contribution in [0.1, 0.15) is 75.6 Å². The molecule has 0 aliphatic heterocycles. The molecule has 0 N–H and O–H groups in total. The molecule has 2 nitrogen and oxygen atoms in total. The lowest BCUT2D eigenvalue weighted by Gasteiger charge is -2.60. The molecule has 3 saturated carbocycles. The number of carbonyl (C=O) groups is 1. The number of fused-ring (bicyclic) bond motifs is 5. The maximum absolute atomic E-state index is 12.5. The van der Waals surface area contributed by atoms with Crippen molar-refractivity contribution in [1.29, 1.82) is 0 Å². The van der Waals surface area contributed by atoms with Crippen LogP contribution in [-0.2, 0) is 4.74 Å². The first-order valence-electron chi connectivity index (χ1n) is 11.4. The highest BCUT2D eigenvalue weighted by Crippen LogP contribution is 2.65. The van der Waals surface area contributed by atoms with Gasteiger partial charge in [0.2, 0.25) is 0 Å². The second-order valence-electron chi connectivity index (χ2n) is 10.5. The van der Waals surface area contributed by atoms with E-state index in [1.807, 2.05) is 30.3 Å². The van der Waals surface area contributed by atoms with E-state index in [9.17, 15) is 4.79 Å². The summed E-state index contributed by atoms with van der Waals surface area (Å²) in [5, 5.41) is 0. The van der Waals surface area contributed by atoms with Crippen molar-refractivity contribution in [2.75, 3.05) is 0 Å². The predicted octanol–water partition coefficient (Wildman–Crippen LogP) is 6.42. The molecular weight excluding hydrogens is 344 g/mol. The minimum Gasteiger partial charge on any atom is -0.459 e. The maximum atomic E-state index is 12.5. The summed E-state index contributed by atoms with van der Waals surface area (Å²) in [6.07, 6.45) is 15.2. The standard InChI is InChI=1S/C26H34O2/c1-25-14-6-9-22(25)21-11-10-19-17-20(12-16-26(19,2)23(21)13-15-25)28-24(27)18-7-4-3-5-8-18/h3-8,14,19-23H,9-13,15-17H2,1-2H3/t19-,20+,21-,22-,23-,25-,26-/m0/s1. The normalized spacial score (nSPS) is 44.3. The van der Waals surface area contributed by atoms with Crippen molar-refractivity contribution >= 4 is 5.97 Å². The van der Waals surface area contributed by atoms with E-state index in [1.165, 1.54) is 38.5 Å². The Morgan fingerprint density at radius 2 is 1.82 bits per heavy atom. The fourth-order valence-corrected chi connectivity index (χ4v) is 7.60. The fraction of sp³-hybridized carbons (Fsp3) is 0.654. The zero-order valence-electron chi connectivity index (χ0n) is 17.4. The third-order valence-corrected chi connectivity index (χ3v) is 9.23. The molecule has 0 bridgehead atoms. The number of benzene rings is 1. The Labute approximate surface area is 169 Å². The maximum Gasteiger partial charge on any atom is 0.338 e. The molecule has 28 heavy (non-hydrogen) atoms. The number of hydrogen-bond acceptors (Lipinski definition) is 2. The summed E-state index contributed by atoms with van der Waals surface area (Å²) >= 11 is 0. The van der Waals surface area contributed by atoms with Crippen molar-refractivity contribution < 1.29 is 9.53 Å². The van der Waals surface area contributed by atoms with Crippen LogP contribution >= 0.6 is 0 Å². The van der Waals surface area contributed by atoms with Gasteiger partial charge in [-0.25, -0.2) is 4.79 Å². The molecule has 4 aliphatic rings. The summed E-state index contributed by atoms with van der Waals surface area (Å²) in [6, 6.07) is 9.47. The van der Waals surface area contributed by atoms with Crippen LogP contribution < -0.4 is 0 Å². The number of rotatable bonds is 2. The lowest BCUT2D eigenvalue weighted by atomic mass is 9.45. The van der Waals surface area contributed by atoms with Crippen molar-refractivity contribution in [3.05, 3.63) is 48.0 Å². The van der Waals surface area contributed by atoms with Crippen LogP contribution in [0.15, 0.2) is 42.5 Å². The van der Waals surface area contributed by atoms with Crippen LogP contribution in [0.5, 0.6) is 0 Å². The van der Waals surface area contributed by atoms with Gasteiger partial charge in [0, 0.05) is 0 Å². The average molecular weight is 379 g/mol. The van der Waals surface area contributed by atoms with Crippen molar-refractivity contribution in [2.45, 2.75) is 71.3 Å². The van der Waals surface area contributed by atoms with Crippen LogP contribution in [-0.4, -0.2) is 12.1 Å². The van der Waals surface area contributed by atoms with Crippen LogP contribution in [0.25, 0.3) is 0 Å². The Morgan fingerprint density at radius 3 is 2.64 bits per heavy atom. The van der Waals surface area contributed by atoms with Crippen LogP contribution in [0, 0.1) is 34.5 Å². The van der Waals surface area contributed by atoms with Gasteiger partial charge in [-0.3, -0.25) is 0 Å². The van der Waals surface area contributed by atoms with E-state index < -0.39 is 0 Å². The molecule has 5 rings (SSSR count). The largest absolute Gasteiger partial charge is 0.459 e. The third-order valence-electron chi connectivity index (χ3n) is 9.23. The summed E-state index contributed by atoms with van der Waals surface area (Å²) in [5.74, 6) is 3.22. The lowest BCUT2D eigenvalue weighted by molar-refractivity contribution is -0.118. The van der Waals surface area contributed by atoms with Crippen LogP contribution in [0.3, 0.4) is 0 Å². The first-order chi connectivity index (χ1) is 13.5. The van der Waals surface area contributed by atoms with Gasteiger partial charge >= 0.3 is 5.97 Å². The SMILES string of the molecule is C[C@]12CC[C@@H](OC(=O)c3ccccc3)C[C@@H]1CC[C@@H]1[C@@H]2CC[C@]2(C)C=CC[C@@H]12. The molecule has 2 heteroatoms. The van der Waals surface area contributed by atoms with Gasteiger partial charge in [0.15, 0.2) is 0 Å². The van der Waals surface area contributed by atoms with Crippen molar-refractivity contribution in [1.82, 2.24) is 0 Å². The molecule has 1 aromatic carbocycles. The van der Waals surface area contributed by atoms with Crippen LogP contribution in [0.2, 0.25) is 0 Å². The Morgan fingerprint density at radius 1 is 1.00 bits per heavy atom. The molecule has 4 aliphatic carbocycles. The molecule has 7 atom stereocenters. The number of esters is 1. The molecule has 0 spiro atoms. The van der Waals surface area contributed by atoms with Crippen molar-refractivity contribution in [3.63, 3.8) is 0 Å². The predicted molar refractivity (Wildman–Crippen MR) is 112 cm³/mol. The molecule has 1 aromatic rings. The summed E-state index contributed by atoms with van der Waals surface area (Å²) in [7, 11) is 0. The smallest absolute Gasteiger partial charge is 0.338 e. The Bertz CT molecular complexity index is 768. The zero-order chi connectivity index (χ0) is 19.4. The topological polar surface area (TPSA) is 26.3 Å². The van der Waals surface area contributed by atoms with E-state index in [0.717, 1.165) is 36.5 Å². The minimum absolute atomic E-state index is 0.101. The number of carbonyl (C=O) groups excluding carboxylic acids is 1. The molecule has 0 heterocycles. The van der Waals surface area contributed by atoms with E-state index in [2.05, 4.69) is 26.0 Å². The summed E-state index contributed by atoms with van der Waals surface area (Å²) < 4.78 is 5.94. The number of hydrogen-bond donors (Lipinski definition) is 0. The van der Waals surface area contributed by atoms with Gasteiger partial charge in [0.25, 0.3) is 0 Å². The lowest BCUT2D eigenvalue weighted by Crippen LogP contribution is -2.53. The van der Waals surface area contributed by atoms with E-state index in [4.69, 9.17) is 4.74 Å². The Balaban J connectivity index is 1.28. The molecule has 3 fully saturated rings. The highest BCUT2D eigenvalue weighted by Gasteiger charge is 2.57. The monoisotopic (exact) mass is 378 g/mol. The first-order valence-corrected chi connectivity index (χ1v) is 11.4. The molecule has 0 aromatic heterocycles. The van der Waals surface area contributed by atoms with E-state index in [1.54, 1.807) is 0 Å².